The Kier molecular flexibility index (Phi) is 7.11. The molecule has 5 rings (SSSR count). The molecule has 1 fully saturated rings. The highest BCUT2D eigenvalue weighted by Crippen LogP contribution is 2.38. The van der Waals surface area contributed by atoms with Crippen LogP contribution in [0.25, 0.3) is 28.0 Å². The molecule has 1 N–H and O–H groups in total. The van der Waals surface area contributed by atoms with E-state index in [-0.39, 0.29) is 29.6 Å². The minimum absolute atomic E-state index is 0.0248. The molecule has 2 aromatic carbocycles. The van der Waals surface area contributed by atoms with Crippen LogP contribution in [0.1, 0.15) is 37.0 Å². The Morgan fingerprint density at radius 2 is 1.76 bits per heavy atom. The lowest BCUT2D eigenvalue weighted by molar-refractivity contribution is 0.0897. The van der Waals surface area contributed by atoms with Gasteiger partial charge in [-0.05, 0) is 44.9 Å². The summed E-state index contributed by atoms with van der Waals surface area (Å²) < 4.78 is 31.3. The Balaban J connectivity index is 1.69. The first kappa shape index (κ1) is 26.5. The van der Waals surface area contributed by atoms with Gasteiger partial charge < -0.3 is 10.1 Å². The second kappa shape index (κ2) is 10.2. The summed E-state index contributed by atoms with van der Waals surface area (Å²) in [5.74, 6) is -0.241. The number of rotatable bonds is 6. The van der Waals surface area contributed by atoms with Crippen LogP contribution in [0.4, 0.5) is 0 Å². The van der Waals surface area contributed by atoms with E-state index < -0.39 is 21.3 Å². The molecule has 0 bridgehead atoms. The Labute approximate surface area is 230 Å². The van der Waals surface area contributed by atoms with E-state index in [1.165, 1.54) is 0 Å². The molecule has 11 heteroatoms. The molecule has 38 heavy (non-hydrogen) atoms. The minimum atomic E-state index is -3.09. The van der Waals surface area contributed by atoms with E-state index in [2.05, 4.69) is 15.4 Å². The summed E-state index contributed by atoms with van der Waals surface area (Å²) in [6.45, 7) is 3.95. The molecule has 1 saturated heterocycles. The van der Waals surface area contributed by atoms with Crippen LogP contribution in [-0.4, -0.2) is 52.6 Å². The van der Waals surface area contributed by atoms with Crippen LogP contribution >= 0.6 is 23.2 Å². The molecular weight excluding hydrogens is 547 g/mol. The molecule has 0 spiro atoms. The topological polar surface area (TPSA) is 103 Å². The molecule has 0 saturated carbocycles. The number of hydrogen-bond acceptors (Lipinski definition) is 6. The van der Waals surface area contributed by atoms with Gasteiger partial charge in [0.2, 0.25) is 5.88 Å². The van der Waals surface area contributed by atoms with Crippen molar-refractivity contribution >= 4 is 44.6 Å². The summed E-state index contributed by atoms with van der Waals surface area (Å²) in [6, 6.07) is 14.7. The van der Waals surface area contributed by atoms with Crippen LogP contribution in [0.15, 0.2) is 54.7 Å². The van der Waals surface area contributed by atoms with Crippen molar-refractivity contribution in [2.24, 2.45) is 0 Å². The second-order valence-corrected chi connectivity index (χ2v) is 12.7. The van der Waals surface area contributed by atoms with Gasteiger partial charge in [-0.25, -0.2) is 17.9 Å². The van der Waals surface area contributed by atoms with Crippen molar-refractivity contribution in [3.63, 3.8) is 0 Å². The van der Waals surface area contributed by atoms with Crippen LogP contribution in [0.5, 0.6) is 5.88 Å². The van der Waals surface area contributed by atoms with Crippen molar-refractivity contribution in [2.75, 3.05) is 18.1 Å². The van der Waals surface area contributed by atoms with Crippen molar-refractivity contribution in [1.29, 1.82) is 0 Å². The first-order valence-electron chi connectivity index (χ1n) is 12.2. The average Bonchev–Trinajstić information content (AvgIpc) is 3.25. The number of carbonyl (C=O) groups excluding carboxylic acids is 1. The van der Waals surface area contributed by atoms with Gasteiger partial charge in [-0.1, -0.05) is 53.5 Å². The molecule has 198 valence electrons. The van der Waals surface area contributed by atoms with Crippen LogP contribution in [0, 0.1) is 0 Å². The fourth-order valence-corrected chi connectivity index (χ4v) is 6.71. The Morgan fingerprint density at radius 3 is 2.42 bits per heavy atom. The van der Waals surface area contributed by atoms with Gasteiger partial charge in [0.1, 0.15) is 15.4 Å². The third-order valence-electron chi connectivity index (χ3n) is 6.75. The SMILES string of the molecule is CCOc1nn2c(-c3ccc(Cl)cc3)c(-c3ccccc3Cl)cnc2c1C(=O)NC1(C)CCS(=O)(=O)CC1. The maximum atomic E-state index is 13.7. The third-order valence-corrected chi connectivity index (χ3v) is 8.98. The number of hydrogen-bond donors (Lipinski definition) is 1. The van der Waals surface area contributed by atoms with Gasteiger partial charge in [-0.2, -0.15) is 0 Å². The molecule has 8 nitrogen and oxygen atoms in total. The molecule has 4 aromatic rings. The van der Waals surface area contributed by atoms with Crippen LogP contribution in [0.2, 0.25) is 10.0 Å². The van der Waals surface area contributed by atoms with Crippen molar-refractivity contribution in [3.05, 3.63) is 70.3 Å². The number of amides is 1. The van der Waals surface area contributed by atoms with Crippen molar-refractivity contribution < 1.29 is 17.9 Å². The highest BCUT2D eigenvalue weighted by molar-refractivity contribution is 7.91. The number of carbonyl (C=O) groups is 1. The number of nitrogens with one attached hydrogen (secondary N) is 1. The van der Waals surface area contributed by atoms with E-state index in [4.69, 9.17) is 27.9 Å². The number of benzene rings is 2. The smallest absolute Gasteiger partial charge is 0.261 e. The standard InChI is InChI=1S/C27H26Cl2N4O4S/c1-3-37-26-22(25(34)31-27(2)12-14-38(35,36)15-13-27)24-30-16-20(19-6-4-5-7-21(19)29)23(33(24)32-26)17-8-10-18(28)11-9-17/h4-11,16H,3,12-15H2,1-2H3,(H,31,34). The lowest BCUT2D eigenvalue weighted by Crippen LogP contribution is -2.51. The highest BCUT2D eigenvalue weighted by Gasteiger charge is 2.36. The molecule has 2 aromatic heterocycles. The number of fused-ring (bicyclic) bond motifs is 1. The lowest BCUT2D eigenvalue weighted by Gasteiger charge is -2.34. The van der Waals surface area contributed by atoms with E-state index >= 15 is 0 Å². The number of halogens is 2. The van der Waals surface area contributed by atoms with Gasteiger partial charge in [0.15, 0.2) is 5.65 Å². The quantitative estimate of drug-likeness (QED) is 0.329. The van der Waals surface area contributed by atoms with Gasteiger partial charge in [0, 0.05) is 38.5 Å². The van der Waals surface area contributed by atoms with Gasteiger partial charge in [-0.3, -0.25) is 4.79 Å². The minimum Gasteiger partial charge on any atom is -0.476 e. The zero-order valence-electron chi connectivity index (χ0n) is 20.9. The zero-order valence-corrected chi connectivity index (χ0v) is 23.2. The van der Waals surface area contributed by atoms with E-state index in [0.29, 0.717) is 39.8 Å². The maximum absolute atomic E-state index is 13.7. The van der Waals surface area contributed by atoms with Gasteiger partial charge in [0.25, 0.3) is 5.91 Å². The molecular formula is C27H26Cl2N4O4S. The maximum Gasteiger partial charge on any atom is 0.261 e. The number of ether oxygens (including phenoxy) is 1. The van der Waals surface area contributed by atoms with Crippen molar-refractivity contribution in [1.82, 2.24) is 19.9 Å². The van der Waals surface area contributed by atoms with Crippen molar-refractivity contribution in [3.8, 4) is 28.3 Å². The monoisotopic (exact) mass is 572 g/mol. The van der Waals surface area contributed by atoms with Gasteiger partial charge >= 0.3 is 0 Å². The van der Waals surface area contributed by atoms with E-state index in [1.54, 1.807) is 28.9 Å². The average molecular weight is 574 g/mol. The number of nitrogens with zero attached hydrogens (tertiary/aromatic N) is 3. The summed E-state index contributed by atoms with van der Waals surface area (Å²) in [5.41, 5.74) is 2.72. The van der Waals surface area contributed by atoms with Gasteiger partial charge in [0.05, 0.1) is 23.8 Å². The molecule has 1 aliphatic heterocycles. The first-order chi connectivity index (χ1) is 18.1. The first-order valence-corrected chi connectivity index (χ1v) is 14.8. The number of sulfone groups is 1. The summed E-state index contributed by atoms with van der Waals surface area (Å²) in [4.78, 5) is 18.3. The molecule has 0 radical (unpaired) electrons. The van der Waals surface area contributed by atoms with Crippen LogP contribution in [0.3, 0.4) is 0 Å². The molecule has 0 atom stereocenters. The second-order valence-electron chi connectivity index (χ2n) is 9.52. The third kappa shape index (κ3) is 5.10. The molecule has 1 amide bonds. The zero-order chi connectivity index (χ0) is 27.1. The normalized spacial score (nSPS) is 16.3. The molecule has 0 aliphatic carbocycles. The van der Waals surface area contributed by atoms with E-state index in [9.17, 15) is 13.2 Å². The fourth-order valence-electron chi connectivity index (χ4n) is 4.61. The molecule has 3 heterocycles. The van der Waals surface area contributed by atoms with Crippen molar-refractivity contribution in [2.45, 2.75) is 32.2 Å². The predicted molar refractivity (Wildman–Crippen MR) is 149 cm³/mol. The summed E-state index contributed by atoms with van der Waals surface area (Å²) in [5, 5.41) is 8.83. The Morgan fingerprint density at radius 1 is 1.08 bits per heavy atom. The summed E-state index contributed by atoms with van der Waals surface area (Å²) in [7, 11) is -3.09. The summed E-state index contributed by atoms with van der Waals surface area (Å²) in [6.07, 6.45) is 2.32. The largest absolute Gasteiger partial charge is 0.476 e. The van der Waals surface area contributed by atoms with Crippen LogP contribution < -0.4 is 10.1 Å². The number of aromatic nitrogens is 3. The van der Waals surface area contributed by atoms with Crippen LogP contribution in [-0.2, 0) is 9.84 Å². The fraction of sp³-hybridized carbons (Fsp3) is 0.296. The highest BCUT2D eigenvalue weighted by atomic mass is 35.5. The lowest BCUT2D eigenvalue weighted by atomic mass is 9.94. The predicted octanol–water partition coefficient (Wildman–Crippen LogP) is 5.47. The van der Waals surface area contributed by atoms with E-state index in [0.717, 1.165) is 11.1 Å². The molecule has 0 unspecified atom stereocenters. The summed E-state index contributed by atoms with van der Waals surface area (Å²) >= 11 is 12.7. The van der Waals surface area contributed by atoms with Gasteiger partial charge in [-0.15, -0.1) is 5.10 Å². The molecule has 1 aliphatic rings. The Hall–Kier alpha value is -3.14. The van der Waals surface area contributed by atoms with E-state index in [1.807, 2.05) is 44.2 Å². The Bertz CT molecular complexity index is 1620.